The van der Waals surface area contributed by atoms with Gasteiger partial charge in [-0.05, 0) is 12.1 Å². The van der Waals surface area contributed by atoms with E-state index in [0.29, 0.717) is 5.57 Å². The number of amides is 1. The maximum Gasteiger partial charge on any atom is 0.279 e. The molecule has 2 rings (SSSR count). The van der Waals surface area contributed by atoms with E-state index in [4.69, 9.17) is 0 Å². The highest BCUT2D eigenvalue weighted by molar-refractivity contribution is 6.22. The van der Waals surface area contributed by atoms with Crippen molar-refractivity contribution in [2.45, 2.75) is 0 Å². The molecule has 0 atom stereocenters. The Morgan fingerprint density at radius 1 is 1.23 bits per heavy atom. The maximum absolute atomic E-state index is 11.4. The Morgan fingerprint density at radius 2 is 1.92 bits per heavy atom. The molecule has 0 saturated carbocycles. The second kappa shape index (κ2) is 2.86. The minimum atomic E-state index is -0.161. The molecule has 0 spiro atoms. The molecule has 0 unspecified atom stereocenters. The van der Waals surface area contributed by atoms with Crippen molar-refractivity contribution in [1.82, 2.24) is 0 Å². The normalized spacial score (nSPS) is 15.5. The standard InChI is InChI=1S/C10H8N2O/c1-8-7-11-12(10(8)13)9-5-3-2-4-6-9/h2-7H,1H2. The SMILES string of the molecule is C=C1C=NN(c2ccccc2)C1=O. The molecule has 3 nitrogen and oxygen atoms in total. The van der Waals surface area contributed by atoms with Gasteiger partial charge in [-0.3, -0.25) is 4.79 Å². The van der Waals surface area contributed by atoms with Crippen LogP contribution in [0.4, 0.5) is 5.69 Å². The van der Waals surface area contributed by atoms with Gasteiger partial charge >= 0.3 is 0 Å². The molecule has 1 aromatic rings. The van der Waals surface area contributed by atoms with E-state index in [0.717, 1.165) is 5.69 Å². The van der Waals surface area contributed by atoms with Gasteiger partial charge in [0.1, 0.15) is 0 Å². The first-order valence-corrected chi connectivity index (χ1v) is 3.91. The summed E-state index contributed by atoms with van der Waals surface area (Å²) in [6.07, 6.45) is 1.47. The lowest BCUT2D eigenvalue weighted by Crippen LogP contribution is -2.20. The minimum absolute atomic E-state index is 0.161. The topological polar surface area (TPSA) is 32.7 Å². The number of carbonyl (C=O) groups excluding carboxylic acids is 1. The number of hydrogen-bond acceptors (Lipinski definition) is 2. The quantitative estimate of drug-likeness (QED) is 0.592. The Bertz CT molecular complexity index is 381. The summed E-state index contributed by atoms with van der Waals surface area (Å²) in [5.74, 6) is -0.161. The summed E-state index contributed by atoms with van der Waals surface area (Å²) in [6, 6.07) is 9.27. The van der Waals surface area contributed by atoms with Crippen molar-refractivity contribution in [3.8, 4) is 0 Å². The van der Waals surface area contributed by atoms with Crippen LogP contribution in [0.25, 0.3) is 0 Å². The molecular weight excluding hydrogens is 164 g/mol. The van der Waals surface area contributed by atoms with E-state index >= 15 is 0 Å². The van der Waals surface area contributed by atoms with E-state index in [-0.39, 0.29) is 5.91 Å². The number of hydrazone groups is 1. The third-order valence-corrected chi connectivity index (χ3v) is 1.80. The molecule has 1 aliphatic heterocycles. The molecule has 0 fully saturated rings. The lowest BCUT2D eigenvalue weighted by molar-refractivity contribution is -0.114. The summed E-state index contributed by atoms with van der Waals surface area (Å²) >= 11 is 0. The summed E-state index contributed by atoms with van der Waals surface area (Å²) in [7, 11) is 0. The minimum Gasteiger partial charge on any atom is -0.267 e. The molecule has 1 aliphatic rings. The summed E-state index contributed by atoms with van der Waals surface area (Å²) < 4.78 is 0. The molecule has 13 heavy (non-hydrogen) atoms. The van der Waals surface area contributed by atoms with Crippen LogP contribution in [0, 0.1) is 0 Å². The van der Waals surface area contributed by atoms with Crippen LogP contribution in [0.3, 0.4) is 0 Å². The first-order valence-electron chi connectivity index (χ1n) is 3.91. The highest BCUT2D eigenvalue weighted by Gasteiger charge is 2.21. The summed E-state index contributed by atoms with van der Waals surface area (Å²) in [4.78, 5) is 11.4. The van der Waals surface area contributed by atoms with Gasteiger partial charge in [0.15, 0.2) is 0 Å². The monoisotopic (exact) mass is 172 g/mol. The van der Waals surface area contributed by atoms with Crippen molar-refractivity contribution in [1.29, 1.82) is 0 Å². The molecule has 3 heteroatoms. The van der Waals surface area contributed by atoms with Crippen LogP contribution in [-0.4, -0.2) is 12.1 Å². The van der Waals surface area contributed by atoms with E-state index in [1.54, 1.807) is 0 Å². The maximum atomic E-state index is 11.4. The van der Waals surface area contributed by atoms with E-state index < -0.39 is 0 Å². The van der Waals surface area contributed by atoms with Crippen LogP contribution >= 0.6 is 0 Å². The molecule has 1 heterocycles. The van der Waals surface area contributed by atoms with Gasteiger partial charge in [0, 0.05) is 0 Å². The van der Waals surface area contributed by atoms with Crippen molar-refractivity contribution < 1.29 is 4.79 Å². The van der Waals surface area contributed by atoms with Gasteiger partial charge in [0.2, 0.25) is 0 Å². The number of carbonyl (C=O) groups is 1. The smallest absolute Gasteiger partial charge is 0.267 e. The van der Waals surface area contributed by atoms with Crippen LogP contribution in [0.2, 0.25) is 0 Å². The fourth-order valence-electron chi connectivity index (χ4n) is 1.12. The number of anilines is 1. The van der Waals surface area contributed by atoms with Crippen LogP contribution in [0.15, 0.2) is 47.6 Å². The zero-order chi connectivity index (χ0) is 9.26. The van der Waals surface area contributed by atoms with Gasteiger partial charge in [-0.1, -0.05) is 24.8 Å². The highest BCUT2D eigenvalue weighted by atomic mass is 16.2. The highest BCUT2D eigenvalue weighted by Crippen LogP contribution is 2.18. The van der Waals surface area contributed by atoms with Gasteiger partial charge < -0.3 is 0 Å². The van der Waals surface area contributed by atoms with Gasteiger partial charge in [0.25, 0.3) is 5.91 Å². The lowest BCUT2D eigenvalue weighted by atomic mass is 10.3. The van der Waals surface area contributed by atoms with Crippen molar-refractivity contribution in [2.75, 3.05) is 5.01 Å². The Labute approximate surface area is 76.0 Å². The number of rotatable bonds is 1. The zero-order valence-corrected chi connectivity index (χ0v) is 6.97. The summed E-state index contributed by atoms with van der Waals surface area (Å²) in [5.41, 5.74) is 1.19. The molecule has 1 aromatic carbocycles. The predicted molar refractivity (Wildman–Crippen MR) is 51.6 cm³/mol. The molecule has 0 N–H and O–H groups in total. The lowest BCUT2D eigenvalue weighted by Gasteiger charge is -2.10. The second-order valence-corrected chi connectivity index (χ2v) is 2.72. The van der Waals surface area contributed by atoms with E-state index in [9.17, 15) is 4.79 Å². The molecule has 0 aliphatic carbocycles. The van der Waals surface area contributed by atoms with Gasteiger partial charge in [-0.25, -0.2) is 0 Å². The predicted octanol–water partition coefficient (Wildman–Crippen LogP) is 1.58. The molecular formula is C10H8N2O. The number of hydrogen-bond donors (Lipinski definition) is 0. The first-order chi connectivity index (χ1) is 6.29. The summed E-state index contributed by atoms with van der Waals surface area (Å²) in [6.45, 7) is 3.57. The third-order valence-electron chi connectivity index (χ3n) is 1.80. The summed E-state index contributed by atoms with van der Waals surface area (Å²) in [5, 5.41) is 5.26. The van der Waals surface area contributed by atoms with E-state index in [2.05, 4.69) is 11.7 Å². The Balaban J connectivity index is 2.35. The first kappa shape index (κ1) is 7.73. The Morgan fingerprint density at radius 3 is 2.46 bits per heavy atom. The number of benzene rings is 1. The average Bonchev–Trinajstić information content (AvgIpc) is 2.49. The third kappa shape index (κ3) is 1.24. The zero-order valence-electron chi connectivity index (χ0n) is 6.97. The van der Waals surface area contributed by atoms with E-state index in [1.165, 1.54) is 11.2 Å². The number of nitrogens with zero attached hydrogens (tertiary/aromatic N) is 2. The fourth-order valence-corrected chi connectivity index (χ4v) is 1.12. The molecule has 64 valence electrons. The molecule has 0 saturated heterocycles. The van der Waals surface area contributed by atoms with Crippen molar-refractivity contribution >= 4 is 17.8 Å². The number of para-hydroxylation sites is 1. The Hall–Kier alpha value is -1.90. The van der Waals surface area contributed by atoms with Crippen LogP contribution < -0.4 is 5.01 Å². The second-order valence-electron chi connectivity index (χ2n) is 2.72. The van der Waals surface area contributed by atoms with Gasteiger partial charge in [0.05, 0.1) is 17.5 Å². The molecule has 0 aromatic heterocycles. The van der Waals surface area contributed by atoms with Crippen LogP contribution in [0.5, 0.6) is 0 Å². The van der Waals surface area contributed by atoms with Crippen molar-refractivity contribution in [3.05, 3.63) is 42.5 Å². The van der Waals surface area contributed by atoms with Crippen LogP contribution in [0.1, 0.15) is 0 Å². The molecule has 1 amide bonds. The van der Waals surface area contributed by atoms with E-state index in [1.807, 2.05) is 30.3 Å². The van der Waals surface area contributed by atoms with Crippen molar-refractivity contribution in [3.63, 3.8) is 0 Å². The van der Waals surface area contributed by atoms with Gasteiger partial charge in [-0.15, -0.1) is 0 Å². The van der Waals surface area contributed by atoms with Crippen LogP contribution in [-0.2, 0) is 4.79 Å². The molecule has 0 bridgehead atoms. The molecule has 0 radical (unpaired) electrons. The largest absolute Gasteiger partial charge is 0.279 e. The fraction of sp³-hybridized carbons (Fsp3) is 0. The van der Waals surface area contributed by atoms with Gasteiger partial charge in [-0.2, -0.15) is 10.1 Å². The average molecular weight is 172 g/mol. The Kier molecular flexibility index (Phi) is 1.70. The van der Waals surface area contributed by atoms with Crippen molar-refractivity contribution in [2.24, 2.45) is 5.10 Å².